The second-order valence-corrected chi connectivity index (χ2v) is 6.37. The zero-order valence-electron chi connectivity index (χ0n) is 14.6. The molecule has 2 N–H and O–H groups in total. The highest BCUT2D eigenvalue weighted by Crippen LogP contribution is 2.25. The molecule has 6 heteroatoms. The van der Waals surface area contributed by atoms with Crippen LogP contribution in [0.15, 0.2) is 34.7 Å². The third-order valence-electron chi connectivity index (χ3n) is 4.23. The summed E-state index contributed by atoms with van der Waals surface area (Å²) in [6.45, 7) is 8.07. The fourth-order valence-corrected chi connectivity index (χ4v) is 3.23. The van der Waals surface area contributed by atoms with Gasteiger partial charge >= 0.3 is 5.97 Å². The number of nitrogens with one attached hydrogen (secondary N) is 1. The lowest BCUT2D eigenvalue weighted by atomic mass is 10.2. The smallest absolute Gasteiger partial charge is 0.371 e. The second-order valence-electron chi connectivity index (χ2n) is 6.37. The topological polar surface area (TPSA) is 84.5 Å². The SMILES string of the molecule is Cc1cc(C(=O)Nc2ccc3oc(C(=O)O)cc3c2)c(C)n1C(C)C. The molecule has 0 fully saturated rings. The second kappa shape index (κ2) is 6.12. The van der Waals surface area contributed by atoms with Crippen LogP contribution in [0.2, 0.25) is 0 Å². The van der Waals surface area contributed by atoms with E-state index in [0.29, 0.717) is 22.2 Å². The number of carbonyl (C=O) groups is 2. The third kappa shape index (κ3) is 3.03. The zero-order chi connectivity index (χ0) is 18.3. The zero-order valence-corrected chi connectivity index (χ0v) is 14.6. The van der Waals surface area contributed by atoms with E-state index in [9.17, 15) is 9.59 Å². The molecule has 0 aliphatic rings. The number of hydrogen-bond acceptors (Lipinski definition) is 3. The Kier molecular flexibility index (Phi) is 4.12. The predicted octanol–water partition coefficient (Wildman–Crippen LogP) is 4.38. The molecule has 0 radical (unpaired) electrons. The Morgan fingerprint density at radius 1 is 1.16 bits per heavy atom. The number of anilines is 1. The minimum absolute atomic E-state index is 0.126. The van der Waals surface area contributed by atoms with Crippen LogP contribution in [0, 0.1) is 13.8 Å². The molecule has 0 unspecified atom stereocenters. The van der Waals surface area contributed by atoms with Crippen molar-refractivity contribution in [2.45, 2.75) is 33.7 Å². The lowest BCUT2D eigenvalue weighted by molar-refractivity contribution is 0.0665. The van der Waals surface area contributed by atoms with Gasteiger partial charge in [-0.05, 0) is 58.0 Å². The van der Waals surface area contributed by atoms with Crippen molar-refractivity contribution in [3.05, 3.63) is 53.0 Å². The molecule has 2 aromatic heterocycles. The number of carboxylic acid groups (broad SMARTS) is 1. The van der Waals surface area contributed by atoms with Crippen LogP contribution in [-0.4, -0.2) is 21.6 Å². The van der Waals surface area contributed by atoms with E-state index < -0.39 is 5.97 Å². The number of aromatic nitrogens is 1. The van der Waals surface area contributed by atoms with Gasteiger partial charge in [0.05, 0.1) is 5.56 Å². The summed E-state index contributed by atoms with van der Waals surface area (Å²) in [6, 6.07) is 8.64. The number of hydrogen-bond donors (Lipinski definition) is 2. The largest absolute Gasteiger partial charge is 0.475 e. The van der Waals surface area contributed by atoms with Crippen LogP contribution in [0.25, 0.3) is 11.0 Å². The van der Waals surface area contributed by atoms with Crippen LogP contribution in [0.3, 0.4) is 0 Å². The first kappa shape index (κ1) is 16.8. The van der Waals surface area contributed by atoms with Crippen molar-refractivity contribution < 1.29 is 19.1 Å². The molecule has 130 valence electrons. The van der Waals surface area contributed by atoms with Crippen molar-refractivity contribution in [1.29, 1.82) is 0 Å². The first-order chi connectivity index (χ1) is 11.8. The van der Waals surface area contributed by atoms with Gasteiger partial charge in [-0.3, -0.25) is 4.79 Å². The number of nitrogens with zero attached hydrogens (tertiary/aromatic N) is 1. The number of amides is 1. The highest BCUT2D eigenvalue weighted by Gasteiger charge is 2.18. The Labute approximate surface area is 145 Å². The summed E-state index contributed by atoms with van der Waals surface area (Å²) in [7, 11) is 0. The van der Waals surface area contributed by atoms with Gasteiger partial charge in [0, 0.05) is 28.5 Å². The van der Waals surface area contributed by atoms with E-state index in [0.717, 1.165) is 11.4 Å². The van der Waals surface area contributed by atoms with Gasteiger partial charge in [-0.1, -0.05) is 0 Å². The summed E-state index contributed by atoms with van der Waals surface area (Å²) < 4.78 is 7.34. The van der Waals surface area contributed by atoms with Crippen LogP contribution in [-0.2, 0) is 0 Å². The molecule has 2 heterocycles. The molecule has 0 saturated heterocycles. The maximum absolute atomic E-state index is 12.6. The quantitative estimate of drug-likeness (QED) is 0.738. The molecule has 1 amide bonds. The molecule has 0 spiro atoms. The van der Waals surface area contributed by atoms with E-state index >= 15 is 0 Å². The minimum atomic E-state index is -1.12. The highest BCUT2D eigenvalue weighted by atomic mass is 16.4. The maximum Gasteiger partial charge on any atom is 0.371 e. The van der Waals surface area contributed by atoms with Gasteiger partial charge in [0.25, 0.3) is 5.91 Å². The van der Waals surface area contributed by atoms with Gasteiger partial charge in [0.15, 0.2) is 0 Å². The van der Waals surface area contributed by atoms with Gasteiger partial charge in [-0.15, -0.1) is 0 Å². The van der Waals surface area contributed by atoms with Crippen LogP contribution < -0.4 is 5.32 Å². The van der Waals surface area contributed by atoms with E-state index in [1.54, 1.807) is 18.2 Å². The fraction of sp³-hybridized carbons (Fsp3) is 0.263. The first-order valence-electron chi connectivity index (χ1n) is 8.04. The first-order valence-corrected chi connectivity index (χ1v) is 8.04. The van der Waals surface area contributed by atoms with Crippen LogP contribution in [0.4, 0.5) is 5.69 Å². The molecule has 3 aromatic rings. The summed E-state index contributed by atoms with van der Waals surface area (Å²) in [5, 5.41) is 12.5. The van der Waals surface area contributed by atoms with Gasteiger partial charge in [0.2, 0.25) is 5.76 Å². The van der Waals surface area contributed by atoms with Crippen molar-refractivity contribution in [1.82, 2.24) is 4.57 Å². The number of carboxylic acids is 1. The number of fused-ring (bicyclic) bond motifs is 1. The Hall–Kier alpha value is -3.02. The van der Waals surface area contributed by atoms with E-state index in [1.807, 2.05) is 19.9 Å². The van der Waals surface area contributed by atoms with Crippen LogP contribution in [0.1, 0.15) is 52.2 Å². The number of benzene rings is 1. The Bertz CT molecular complexity index is 979. The van der Waals surface area contributed by atoms with Crippen molar-refractivity contribution in [2.24, 2.45) is 0 Å². The Morgan fingerprint density at radius 3 is 2.48 bits per heavy atom. The normalized spacial score (nSPS) is 11.2. The standard InChI is InChI=1S/C19H20N2O4/c1-10(2)21-11(3)7-15(12(21)4)18(22)20-14-5-6-16-13(8-14)9-17(25-16)19(23)24/h5-10H,1-4H3,(H,20,22)(H,23,24). The van der Waals surface area contributed by atoms with E-state index in [-0.39, 0.29) is 17.7 Å². The lowest BCUT2D eigenvalue weighted by Crippen LogP contribution is -2.13. The average molecular weight is 340 g/mol. The summed E-state index contributed by atoms with van der Waals surface area (Å²) in [5.41, 5.74) is 3.64. The third-order valence-corrected chi connectivity index (χ3v) is 4.23. The number of aromatic carboxylic acids is 1. The van der Waals surface area contributed by atoms with Gasteiger partial charge < -0.3 is 19.4 Å². The summed E-state index contributed by atoms with van der Waals surface area (Å²) in [4.78, 5) is 23.6. The van der Waals surface area contributed by atoms with Gasteiger partial charge in [0.1, 0.15) is 5.58 Å². The monoisotopic (exact) mass is 340 g/mol. The molecule has 0 saturated carbocycles. The molecule has 0 atom stereocenters. The number of aryl methyl sites for hydroxylation is 1. The van der Waals surface area contributed by atoms with Crippen LogP contribution >= 0.6 is 0 Å². The van der Waals surface area contributed by atoms with Crippen molar-refractivity contribution in [3.8, 4) is 0 Å². The molecule has 1 aromatic carbocycles. The fourth-order valence-electron chi connectivity index (χ4n) is 3.23. The molecular formula is C19H20N2O4. The maximum atomic E-state index is 12.6. The molecule has 0 aliphatic carbocycles. The van der Waals surface area contributed by atoms with E-state index in [4.69, 9.17) is 9.52 Å². The molecule has 0 bridgehead atoms. The van der Waals surface area contributed by atoms with E-state index in [1.165, 1.54) is 6.07 Å². The molecular weight excluding hydrogens is 320 g/mol. The highest BCUT2D eigenvalue weighted by molar-refractivity contribution is 6.06. The lowest BCUT2D eigenvalue weighted by Gasteiger charge is -2.13. The van der Waals surface area contributed by atoms with Crippen molar-refractivity contribution in [3.63, 3.8) is 0 Å². The van der Waals surface area contributed by atoms with Gasteiger partial charge in [-0.2, -0.15) is 0 Å². The minimum Gasteiger partial charge on any atom is -0.475 e. The summed E-state index contributed by atoms with van der Waals surface area (Å²) >= 11 is 0. The van der Waals surface area contributed by atoms with Gasteiger partial charge in [-0.25, -0.2) is 4.79 Å². The van der Waals surface area contributed by atoms with Crippen molar-refractivity contribution in [2.75, 3.05) is 5.32 Å². The Morgan fingerprint density at radius 2 is 1.88 bits per heavy atom. The predicted molar refractivity (Wildman–Crippen MR) is 95.4 cm³/mol. The molecule has 25 heavy (non-hydrogen) atoms. The Balaban J connectivity index is 1.89. The number of rotatable bonds is 4. The molecule has 0 aliphatic heterocycles. The number of furan rings is 1. The molecule has 6 nitrogen and oxygen atoms in total. The summed E-state index contributed by atoms with van der Waals surface area (Å²) in [6.07, 6.45) is 0. The van der Waals surface area contributed by atoms with E-state index in [2.05, 4.69) is 23.7 Å². The number of carbonyl (C=O) groups excluding carboxylic acids is 1. The average Bonchev–Trinajstić information content (AvgIpc) is 3.07. The molecule has 3 rings (SSSR count). The van der Waals surface area contributed by atoms with Crippen LogP contribution in [0.5, 0.6) is 0 Å². The summed E-state index contributed by atoms with van der Waals surface area (Å²) in [5.74, 6) is -1.44. The van der Waals surface area contributed by atoms with Crippen molar-refractivity contribution >= 4 is 28.5 Å².